The number of pyridine rings is 1. The number of benzene rings is 2. The second-order valence-corrected chi connectivity index (χ2v) is 9.02. The summed E-state index contributed by atoms with van der Waals surface area (Å²) in [4.78, 5) is 10.7. The van der Waals surface area contributed by atoms with Gasteiger partial charge in [0.25, 0.3) is 0 Å². The SMILES string of the molecule is CCCCCc1cc(N)c2c(n1)[nH]c1ccc(-c3ccc(OCCCN(CC)CC)cc3)cc12. The first-order chi connectivity index (χ1) is 16.6. The van der Waals surface area contributed by atoms with Gasteiger partial charge in [0.1, 0.15) is 11.4 Å². The van der Waals surface area contributed by atoms with E-state index in [4.69, 9.17) is 15.5 Å². The molecule has 0 aliphatic carbocycles. The molecule has 0 spiro atoms. The third-order valence-corrected chi connectivity index (χ3v) is 6.65. The Hall–Kier alpha value is -3.05. The van der Waals surface area contributed by atoms with Gasteiger partial charge in [-0.05, 0) is 73.8 Å². The van der Waals surface area contributed by atoms with Crippen molar-refractivity contribution in [2.45, 2.75) is 52.9 Å². The van der Waals surface area contributed by atoms with E-state index in [9.17, 15) is 0 Å². The first-order valence-electron chi connectivity index (χ1n) is 12.8. The standard InChI is InChI=1S/C29H38N4O/c1-4-7-8-10-23-20-26(30)28-25-19-22(13-16-27(25)32-29(28)31-23)21-11-14-24(15-12-21)34-18-9-17-33(5-2)6-3/h11-16,19-20H,4-10,17-18H2,1-3H3,(H3,30,31,32). The van der Waals surface area contributed by atoms with Crippen LogP contribution in [0.5, 0.6) is 5.75 Å². The summed E-state index contributed by atoms with van der Waals surface area (Å²) < 4.78 is 5.96. The summed E-state index contributed by atoms with van der Waals surface area (Å²) in [7, 11) is 0. The molecule has 0 atom stereocenters. The minimum absolute atomic E-state index is 0.740. The number of aromatic amines is 1. The van der Waals surface area contributed by atoms with Gasteiger partial charge in [-0.2, -0.15) is 0 Å². The molecule has 0 aliphatic heterocycles. The maximum absolute atomic E-state index is 6.50. The van der Waals surface area contributed by atoms with Crippen LogP contribution in [0.1, 0.15) is 52.1 Å². The quantitative estimate of drug-likeness (QED) is 0.229. The van der Waals surface area contributed by atoms with Crippen molar-refractivity contribution in [1.29, 1.82) is 0 Å². The monoisotopic (exact) mass is 458 g/mol. The summed E-state index contributed by atoms with van der Waals surface area (Å²) in [6, 6.07) is 16.9. The number of hydrogen-bond donors (Lipinski definition) is 2. The Balaban J connectivity index is 1.49. The summed E-state index contributed by atoms with van der Waals surface area (Å²) in [6.45, 7) is 10.6. The molecule has 3 N–H and O–H groups in total. The fourth-order valence-corrected chi connectivity index (χ4v) is 4.61. The minimum atomic E-state index is 0.740. The molecule has 5 nitrogen and oxygen atoms in total. The Labute approximate surface area is 203 Å². The zero-order valence-corrected chi connectivity index (χ0v) is 20.9. The van der Waals surface area contributed by atoms with Gasteiger partial charge in [0.15, 0.2) is 0 Å². The second kappa shape index (κ2) is 11.4. The predicted octanol–water partition coefficient (Wildman–Crippen LogP) is 6.81. The fraction of sp³-hybridized carbons (Fsp3) is 0.414. The van der Waals surface area contributed by atoms with Crippen molar-refractivity contribution < 1.29 is 4.74 Å². The van der Waals surface area contributed by atoms with Crippen LogP contribution in [0, 0.1) is 0 Å². The second-order valence-electron chi connectivity index (χ2n) is 9.02. The van der Waals surface area contributed by atoms with Crippen LogP contribution in [-0.2, 0) is 6.42 Å². The lowest BCUT2D eigenvalue weighted by Gasteiger charge is -2.17. The van der Waals surface area contributed by atoms with Crippen LogP contribution in [0.2, 0.25) is 0 Å². The third kappa shape index (κ3) is 5.53. The van der Waals surface area contributed by atoms with E-state index in [0.29, 0.717) is 0 Å². The first kappa shape index (κ1) is 24.1. The zero-order chi connectivity index (χ0) is 23.9. The normalized spacial score (nSPS) is 11.6. The van der Waals surface area contributed by atoms with E-state index < -0.39 is 0 Å². The largest absolute Gasteiger partial charge is 0.494 e. The number of aromatic nitrogens is 2. The highest BCUT2D eigenvalue weighted by atomic mass is 16.5. The molecule has 5 heteroatoms. The molecule has 34 heavy (non-hydrogen) atoms. The van der Waals surface area contributed by atoms with Gasteiger partial charge in [-0.3, -0.25) is 0 Å². The van der Waals surface area contributed by atoms with Crippen molar-refractivity contribution in [3.05, 3.63) is 54.2 Å². The van der Waals surface area contributed by atoms with Crippen LogP contribution >= 0.6 is 0 Å². The van der Waals surface area contributed by atoms with Gasteiger partial charge in [0.05, 0.1) is 6.61 Å². The van der Waals surface area contributed by atoms with E-state index in [-0.39, 0.29) is 0 Å². The Morgan fingerprint density at radius 3 is 2.41 bits per heavy atom. The Morgan fingerprint density at radius 2 is 1.68 bits per heavy atom. The molecule has 0 fully saturated rings. The number of H-pyrrole nitrogens is 1. The molecule has 0 radical (unpaired) electrons. The lowest BCUT2D eigenvalue weighted by molar-refractivity contribution is 0.249. The van der Waals surface area contributed by atoms with E-state index in [1.807, 2.05) is 6.07 Å². The average Bonchev–Trinajstić information content (AvgIpc) is 3.23. The summed E-state index contributed by atoms with van der Waals surface area (Å²) in [6.07, 6.45) is 5.58. The molecule has 2 aromatic carbocycles. The maximum atomic E-state index is 6.50. The first-order valence-corrected chi connectivity index (χ1v) is 12.8. The Kier molecular flexibility index (Phi) is 8.07. The van der Waals surface area contributed by atoms with E-state index in [0.717, 1.165) is 95.7 Å². The highest BCUT2D eigenvalue weighted by Gasteiger charge is 2.12. The molecule has 0 unspecified atom stereocenters. The molecule has 180 valence electrons. The number of unbranched alkanes of at least 4 members (excludes halogenated alkanes) is 2. The van der Waals surface area contributed by atoms with Crippen LogP contribution in [0.25, 0.3) is 33.1 Å². The number of nitrogens with one attached hydrogen (secondary N) is 1. The number of rotatable bonds is 12. The molecular formula is C29H38N4O. The predicted molar refractivity (Wildman–Crippen MR) is 145 cm³/mol. The number of aryl methyl sites for hydroxylation is 1. The number of hydrogen-bond acceptors (Lipinski definition) is 4. The third-order valence-electron chi connectivity index (χ3n) is 6.65. The lowest BCUT2D eigenvalue weighted by atomic mass is 10.0. The highest BCUT2D eigenvalue weighted by Crippen LogP contribution is 2.33. The van der Waals surface area contributed by atoms with Crippen molar-refractivity contribution >= 4 is 27.6 Å². The summed E-state index contributed by atoms with van der Waals surface area (Å²) in [5.41, 5.74) is 12.6. The molecule has 0 amide bonds. The summed E-state index contributed by atoms with van der Waals surface area (Å²) in [5.74, 6) is 0.917. The van der Waals surface area contributed by atoms with E-state index in [1.54, 1.807) is 0 Å². The van der Waals surface area contributed by atoms with Gasteiger partial charge >= 0.3 is 0 Å². The van der Waals surface area contributed by atoms with Crippen molar-refractivity contribution in [3.8, 4) is 16.9 Å². The summed E-state index contributed by atoms with van der Waals surface area (Å²) in [5, 5.41) is 2.14. The van der Waals surface area contributed by atoms with Crippen molar-refractivity contribution in [1.82, 2.24) is 14.9 Å². The minimum Gasteiger partial charge on any atom is -0.494 e. The van der Waals surface area contributed by atoms with Gasteiger partial charge in [-0.25, -0.2) is 4.98 Å². The highest BCUT2D eigenvalue weighted by molar-refractivity contribution is 6.12. The topological polar surface area (TPSA) is 67.2 Å². The number of ether oxygens (including phenoxy) is 1. The molecule has 0 saturated carbocycles. The van der Waals surface area contributed by atoms with Crippen LogP contribution in [0.3, 0.4) is 0 Å². The molecule has 2 heterocycles. The molecule has 0 bridgehead atoms. The van der Waals surface area contributed by atoms with Crippen LogP contribution < -0.4 is 10.5 Å². The van der Waals surface area contributed by atoms with Gasteiger partial charge in [-0.15, -0.1) is 0 Å². The number of nitrogen functional groups attached to an aromatic ring is 1. The number of nitrogens with two attached hydrogens (primary N) is 1. The van der Waals surface area contributed by atoms with Crippen LogP contribution in [0.15, 0.2) is 48.5 Å². The Morgan fingerprint density at radius 1 is 0.912 bits per heavy atom. The molecule has 4 rings (SSSR count). The van der Waals surface area contributed by atoms with Crippen molar-refractivity contribution in [2.75, 3.05) is 32.0 Å². The van der Waals surface area contributed by atoms with Crippen LogP contribution in [0.4, 0.5) is 5.69 Å². The number of nitrogens with zero attached hydrogens (tertiary/aromatic N) is 2. The lowest BCUT2D eigenvalue weighted by Crippen LogP contribution is -2.25. The van der Waals surface area contributed by atoms with Crippen LogP contribution in [-0.4, -0.2) is 41.1 Å². The molecule has 2 aromatic heterocycles. The van der Waals surface area contributed by atoms with Gasteiger partial charge in [0, 0.05) is 34.2 Å². The average molecular weight is 459 g/mol. The van der Waals surface area contributed by atoms with E-state index >= 15 is 0 Å². The van der Waals surface area contributed by atoms with Gasteiger partial charge in [0.2, 0.25) is 0 Å². The number of anilines is 1. The smallest absolute Gasteiger partial charge is 0.140 e. The molecule has 4 aromatic rings. The molecular weight excluding hydrogens is 420 g/mol. The van der Waals surface area contributed by atoms with E-state index in [1.165, 1.54) is 12.8 Å². The fourth-order valence-electron chi connectivity index (χ4n) is 4.61. The summed E-state index contributed by atoms with van der Waals surface area (Å²) >= 11 is 0. The van der Waals surface area contributed by atoms with E-state index in [2.05, 4.69) is 73.1 Å². The zero-order valence-electron chi connectivity index (χ0n) is 20.9. The van der Waals surface area contributed by atoms with Gasteiger partial charge in [-0.1, -0.05) is 51.8 Å². The molecule has 0 saturated heterocycles. The van der Waals surface area contributed by atoms with Crippen molar-refractivity contribution in [3.63, 3.8) is 0 Å². The number of fused-ring (bicyclic) bond motifs is 3. The van der Waals surface area contributed by atoms with Gasteiger partial charge < -0.3 is 20.4 Å². The van der Waals surface area contributed by atoms with Crippen molar-refractivity contribution in [2.24, 2.45) is 0 Å². The molecule has 0 aliphatic rings. The maximum Gasteiger partial charge on any atom is 0.140 e. The Bertz CT molecular complexity index is 1210.